The SMILES string of the molecule is Fc1cccc(-c2c(Cl)nc(CCC(F)(F)F)nc2Cl)c1. The van der Waals surface area contributed by atoms with Crippen molar-refractivity contribution in [2.45, 2.75) is 19.0 Å². The molecule has 0 aliphatic heterocycles. The van der Waals surface area contributed by atoms with Crippen molar-refractivity contribution in [1.82, 2.24) is 9.97 Å². The molecule has 21 heavy (non-hydrogen) atoms. The molecule has 1 aromatic heterocycles. The van der Waals surface area contributed by atoms with E-state index in [0.29, 0.717) is 5.56 Å². The van der Waals surface area contributed by atoms with E-state index in [9.17, 15) is 17.6 Å². The first-order chi connectivity index (χ1) is 9.76. The minimum absolute atomic E-state index is 0.109. The van der Waals surface area contributed by atoms with Crippen LogP contribution in [-0.4, -0.2) is 16.1 Å². The highest BCUT2D eigenvalue weighted by Crippen LogP contribution is 2.33. The fraction of sp³-hybridized carbons (Fsp3) is 0.231. The third-order valence-corrected chi connectivity index (χ3v) is 3.16. The van der Waals surface area contributed by atoms with Crippen molar-refractivity contribution in [3.8, 4) is 11.1 Å². The molecule has 0 aliphatic rings. The first kappa shape index (κ1) is 16.0. The van der Waals surface area contributed by atoms with Crippen LogP contribution in [0.1, 0.15) is 12.2 Å². The van der Waals surface area contributed by atoms with E-state index in [-0.39, 0.29) is 21.7 Å². The van der Waals surface area contributed by atoms with E-state index < -0.39 is 24.8 Å². The molecule has 2 aromatic rings. The number of nitrogens with zero attached hydrogens (tertiary/aromatic N) is 2. The minimum Gasteiger partial charge on any atom is -0.220 e. The lowest BCUT2D eigenvalue weighted by Crippen LogP contribution is -2.10. The van der Waals surface area contributed by atoms with Crippen molar-refractivity contribution >= 4 is 23.2 Å². The predicted molar refractivity (Wildman–Crippen MR) is 71.8 cm³/mol. The Labute approximate surface area is 127 Å². The number of aryl methyl sites for hydroxylation is 1. The average molecular weight is 339 g/mol. The number of alkyl halides is 3. The topological polar surface area (TPSA) is 25.8 Å². The molecular weight excluding hydrogens is 331 g/mol. The van der Waals surface area contributed by atoms with Gasteiger partial charge in [-0.05, 0) is 17.7 Å². The maximum atomic E-state index is 13.2. The van der Waals surface area contributed by atoms with Crippen LogP contribution < -0.4 is 0 Å². The molecule has 0 radical (unpaired) electrons. The number of benzene rings is 1. The van der Waals surface area contributed by atoms with Gasteiger partial charge in [-0.1, -0.05) is 35.3 Å². The Bertz CT molecular complexity index is 636. The summed E-state index contributed by atoms with van der Waals surface area (Å²) >= 11 is 11.9. The predicted octanol–water partition coefficient (Wildman–Crippen LogP) is 5.08. The number of hydrogen-bond acceptors (Lipinski definition) is 2. The Morgan fingerprint density at radius 1 is 1.05 bits per heavy atom. The van der Waals surface area contributed by atoms with Crippen molar-refractivity contribution in [3.63, 3.8) is 0 Å². The fourth-order valence-electron chi connectivity index (χ4n) is 1.70. The second-order valence-corrected chi connectivity index (χ2v) is 4.94. The number of halogens is 6. The summed E-state index contributed by atoms with van der Waals surface area (Å²) in [7, 11) is 0. The molecule has 0 aliphatic carbocycles. The second-order valence-electron chi connectivity index (χ2n) is 4.22. The Balaban J connectivity index is 2.34. The quantitative estimate of drug-likeness (QED) is 0.575. The third kappa shape index (κ3) is 4.28. The van der Waals surface area contributed by atoms with Gasteiger partial charge >= 0.3 is 6.18 Å². The lowest BCUT2D eigenvalue weighted by Gasteiger charge is -2.09. The monoisotopic (exact) mass is 338 g/mol. The molecular formula is C13H8Cl2F4N2. The first-order valence-electron chi connectivity index (χ1n) is 5.81. The van der Waals surface area contributed by atoms with Gasteiger partial charge < -0.3 is 0 Å². The molecule has 1 aromatic carbocycles. The summed E-state index contributed by atoms with van der Waals surface area (Å²) in [5, 5.41) is -0.226. The highest BCUT2D eigenvalue weighted by Gasteiger charge is 2.27. The summed E-state index contributed by atoms with van der Waals surface area (Å²) in [5.74, 6) is -0.608. The van der Waals surface area contributed by atoms with Crippen LogP contribution in [0.2, 0.25) is 10.3 Å². The molecule has 8 heteroatoms. The van der Waals surface area contributed by atoms with Crippen LogP contribution in [0.4, 0.5) is 17.6 Å². The highest BCUT2D eigenvalue weighted by atomic mass is 35.5. The van der Waals surface area contributed by atoms with Crippen molar-refractivity contribution < 1.29 is 17.6 Å². The van der Waals surface area contributed by atoms with Crippen LogP contribution in [0.3, 0.4) is 0 Å². The molecule has 2 rings (SSSR count). The molecule has 0 fully saturated rings. The summed E-state index contributed by atoms with van der Waals surface area (Å²) in [5.41, 5.74) is 0.543. The average Bonchev–Trinajstić information content (AvgIpc) is 2.35. The van der Waals surface area contributed by atoms with Crippen molar-refractivity contribution in [3.05, 3.63) is 46.2 Å². The molecule has 1 heterocycles. The van der Waals surface area contributed by atoms with E-state index in [1.807, 2.05) is 0 Å². The molecule has 0 unspecified atom stereocenters. The van der Waals surface area contributed by atoms with Crippen LogP contribution in [0.15, 0.2) is 24.3 Å². The third-order valence-electron chi connectivity index (χ3n) is 2.61. The van der Waals surface area contributed by atoms with Crippen molar-refractivity contribution in [2.24, 2.45) is 0 Å². The lowest BCUT2D eigenvalue weighted by molar-refractivity contribution is -0.134. The van der Waals surface area contributed by atoms with Gasteiger partial charge in [0.25, 0.3) is 0 Å². The number of rotatable bonds is 3. The molecule has 0 bridgehead atoms. The van der Waals surface area contributed by atoms with E-state index in [4.69, 9.17) is 23.2 Å². The molecule has 2 nitrogen and oxygen atoms in total. The zero-order valence-corrected chi connectivity index (χ0v) is 11.9. The van der Waals surface area contributed by atoms with Gasteiger partial charge in [-0.15, -0.1) is 0 Å². The smallest absolute Gasteiger partial charge is 0.220 e. The van der Waals surface area contributed by atoms with E-state index in [1.54, 1.807) is 6.07 Å². The Hall–Kier alpha value is -1.40. The number of aromatic nitrogens is 2. The van der Waals surface area contributed by atoms with Crippen LogP contribution >= 0.6 is 23.2 Å². The zero-order valence-electron chi connectivity index (χ0n) is 10.4. The van der Waals surface area contributed by atoms with E-state index in [0.717, 1.165) is 0 Å². The van der Waals surface area contributed by atoms with Crippen LogP contribution in [0.25, 0.3) is 11.1 Å². The summed E-state index contributed by atoms with van der Waals surface area (Å²) < 4.78 is 49.7. The zero-order chi connectivity index (χ0) is 15.6. The van der Waals surface area contributed by atoms with E-state index >= 15 is 0 Å². The molecule has 0 saturated heterocycles. The largest absolute Gasteiger partial charge is 0.389 e. The molecule has 0 spiro atoms. The van der Waals surface area contributed by atoms with Crippen molar-refractivity contribution in [1.29, 1.82) is 0 Å². The lowest BCUT2D eigenvalue weighted by atomic mass is 10.1. The maximum Gasteiger partial charge on any atom is 0.389 e. The van der Waals surface area contributed by atoms with Gasteiger partial charge in [0.2, 0.25) is 0 Å². The van der Waals surface area contributed by atoms with Gasteiger partial charge in [0.1, 0.15) is 21.9 Å². The minimum atomic E-state index is -4.32. The highest BCUT2D eigenvalue weighted by molar-refractivity contribution is 6.37. The van der Waals surface area contributed by atoms with Gasteiger partial charge in [-0.3, -0.25) is 0 Å². The Morgan fingerprint density at radius 3 is 2.19 bits per heavy atom. The fourth-order valence-corrected chi connectivity index (χ4v) is 2.34. The summed E-state index contributed by atoms with van der Waals surface area (Å²) in [4.78, 5) is 7.58. The molecule has 0 N–H and O–H groups in total. The van der Waals surface area contributed by atoms with Gasteiger partial charge in [-0.2, -0.15) is 13.2 Å². The molecule has 0 atom stereocenters. The normalized spacial score (nSPS) is 11.7. The molecule has 0 amide bonds. The summed E-state index contributed by atoms with van der Waals surface area (Å²) in [6.45, 7) is 0. The van der Waals surface area contributed by atoms with E-state index in [1.165, 1.54) is 18.2 Å². The molecule has 112 valence electrons. The van der Waals surface area contributed by atoms with E-state index in [2.05, 4.69) is 9.97 Å². The van der Waals surface area contributed by atoms with Crippen LogP contribution in [-0.2, 0) is 6.42 Å². The first-order valence-corrected chi connectivity index (χ1v) is 6.56. The van der Waals surface area contributed by atoms with Gasteiger partial charge in [0.05, 0.1) is 12.0 Å². The number of hydrogen-bond donors (Lipinski definition) is 0. The van der Waals surface area contributed by atoms with Gasteiger partial charge in [0.15, 0.2) is 0 Å². The van der Waals surface area contributed by atoms with Gasteiger partial charge in [-0.25, -0.2) is 14.4 Å². The Morgan fingerprint density at radius 2 is 1.67 bits per heavy atom. The molecule has 0 saturated carbocycles. The van der Waals surface area contributed by atoms with Crippen molar-refractivity contribution in [2.75, 3.05) is 0 Å². The Kier molecular flexibility index (Phi) is 4.68. The standard InChI is InChI=1S/C13H8Cl2F4N2/c14-11-10(7-2-1-3-8(16)6-7)12(15)21-9(20-11)4-5-13(17,18)19/h1-3,6H,4-5H2. The summed E-state index contributed by atoms with van der Waals surface area (Å²) in [6, 6.07) is 5.43. The maximum absolute atomic E-state index is 13.2. The van der Waals surface area contributed by atoms with Crippen LogP contribution in [0.5, 0.6) is 0 Å². The summed E-state index contributed by atoms with van der Waals surface area (Å²) in [6.07, 6.45) is -5.81. The second kappa shape index (κ2) is 6.15. The van der Waals surface area contributed by atoms with Crippen LogP contribution in [0, 0.1) is 5.82 Å². The van der Waals surface area contributed by atoms with Gasteiger partial charge in [0, 0.05) is 6.42 Å².